The third-order valence-electron chi connectivity index (χ3n) is 3.53. The smallest absolute Gasteiger partial charge is 0.491 e. The maximum atomic E-state index is 5.79. The molecule has 0 radical (unpaired) electrons. The van der Waals surface area contributed by atoms with Gasteiger partial charge in [0, 0.05) is 24.3 Å². The molecule has 0 amide bonds. The van der Waals surface area contributed by atoms with Crippen LogP contribution in [0.15, 0.2) is 18.2 Å². The zero-order valence-electron chi connectivity index (χ0n) is 12.7. The molecule has 1 aromatic carbocycles. The van der Waals surface area contributed by atoms with Gasteiger partial charge in [0.1, 0.15) is 0 Å². The molecule has 0 N–H and O–H groups in total. The van der Waals surface area contributed by atoms with Crippen molar-refractivity contribution in [3.63, 3.8) is 0 Å². The summed E-state index contributed by atoms with van der Waals surface area (Å²) in [6.07, 6.45) is 6.10. The topological polar surface area (TPSA) is 36.9 Å². The predicted octanol–water partition coefficient (Wildman–Crippen LogP) is 0.302. The van der Waals surface area contributed by atoms with Crippen LogP contribution in [-0.2, 0) is 9.47 Å². The number of rotatable bonds is 4. The first kappa shape index (κ1) is 16.7. The van der Waals surface area contributed by atoms with E-state index in [1.165, 1.54) is 0 Å². The molecule has 2 saturated heterocycles. The normalized spacial score (nSPS) is 25.7. The van der Waals surface area contributed by atoms with E-state index in [1.54, 1.807) is 0 Å². The molecule has 0 spiro atoms. The van der Waals surface area contributed by atoms with Crippen molar-refractivity contribution in [1.82, 2.24) is 0 Å². The van der Waals surface area contributed by atoms with Gasteiger partial charge < -0.3 is 18.9 Å². The molecule has 0 aromatic heterocycles. The van der Waals surface area contributed by atoms with Gasteiger partial charge in [-0.05, 0) is 25.7 Å². The van der Waals surface area contributed by atoms with Crippen molar-refractivity contribution in [1.29, 1.82) is 0 Å². The van der Waals surface area contributed by atoms with Crippen LogP contribution in [0.1, 0.15) is 38.5 Å². The minimum atomic E-state index is -0.152. The van der Waals surface area contributed by atoms with Crippen molar-refractivity contribution in [2.45, 2.75) is 51.1 Å². The zero-order chi connectivity index (χ0) is 13.6. The van der Waals surface area contributed by atoms with Crippen LogP contribution in [0, 0.1) is 6.07 Å². The summed E-state index contributed by atoms with van der Waals surface area (Å²) in [5.41, 5.74) is 0. The van der Waals surface area contributed by atoms with Gasteiger partial charge in [0.2, 0.25) is 0 Å². The van der Waals surface area contributed by atoms with Crippen LogP contribution in [0.2, 0.25) is 0 Å². The van der Waals surface area contributed by atoms with Gasteiger partial charge in [0.05, 0.1) is 13.2 Å². The van der Waals surface area contributed by atoms with Crippen LogP contribution >= 0.6 is 0 Å². The Morgan fingerprint density at radius 3 is 1.81 bits per heavy atom. The monoisotopic (exact) mass is 284 g/mol. The SMILES string of the molecule is [Li+].[c-]1c(OC2CCCCO2)cccc1OC1CCCCO1. The first-order valence-corrected chi connectivity index (χ1v) is 7.49. The maximum Gasteiger partial charge on any atom is 1.00 e. The van der Waals surface area contributed by atoms with Gasteiger partial charge in [-0.2, -0.15) is 6.07 Å². The molecule has 4 nitrogen and oxygen atoms in total. The molecule has 2 heterocycles. The van der Waals surface area contributed by atoms with E-state index in [0.717, 1.165) is 51.7 Å². The Kier molecular flexibility index (Phi) is 6.92. The summed E-state index contributed by atoms with van der Waals surface area (Å²) in [6.45, 7) is 1.55. The van der Waals surface area contributed by atoms with Crippen molar-refractivity contribution < 1.29 is 37.8 Å². The summed E-state index contributed by atoms with van der Waals surface area (Å²) in [7, 11) is 0. The molecule has 21 heavy (non-hydrogen) atoms. The van der Waals surface area contributed by atoms with E-state index in [4.69, 9.17) is 18.9 Å². The Morgan fingerprint density at radius 1 is 0.857 bits per heavy atom. The van der Waals surface area contributed by atoms with Crippen LogP contribution in [0.3, 0.4) is 0 Å². The van der Waals surface area contributed by atoms with E-state index in [1.807, 2.05) is 18.2 Å². The molecule has 3 rings (SSSR count). The number of hydrogen-bond acceptors (Lipinski definition) is 4. The number of hydrogen-bond donors (Lipinski definition) is 0. The average molecular weight is 284 g/mol. The fourth-order valence-electron chi connectivity index (χ4n) is 2.46. The second kappa shape index (κ2) is 8.70. The average Bonchev–Trinajstić information content (AvgIpc) is 2.50. The molecule has 5 heteroatoms. The van der Waals surface area contributed by atoms with Crippen LogP contribution < -0.4 is 28.3 Å². The zero-order valence-corrected chi connectivity index (χ0v) is 12.7. The summed E-state index contributed by atoms with van der Waals surface area (Å²) in [5, 5.41) is 0. The predicted molar refractivity (Wildman–Crippen MR) is 73.7 cm³/mol. The molecule has 2 unspecified atom stereocenters. The largest absolute Gasteiger partial charge is 1.00 e. The van der Waals surface area contributed by atoms with Gasteiger partial charge in [0.15, 0.2) is 12.6 Å². The van der Waals surface area contributed by atoms with Gasteiger partial charge in [-0.1, -0.05) is 6.07 Å². The Morgan fingerprint density at radius 2 is 1.38 bits per heavy atom. The quantitative estimate of drug-likeness (QED) is 0.589. The maximum absolute atomic E-state index is 5.79. The fraction of sp³-hybridized carbons (Fsp3) is 0.625. The van der Waals surface area contributed by atoms with Crippen LogP contribution in [0.25, 0.3) is 0 Å². The van der Waals surface area contributed by atoms with Gasteiger partial charge in [-0.3, -0.25) is 0 Å². The van der Waals surface area contributed by atoms with Crippen molar-refractivity contribution in [2.75, 3.05) is 13.2 Å². The summed E-state index contributed by atoms with van der Waals surface area (Å²) < 4.78 is 22.7. The Hall–Kier alpha value is -0.663. The van der Waals surface area contributed by atoms with Crippen molar-refractivity contribution in [3.8, 4) is 11.5 Å². The second-order valence-electron chi connectivity index (χ2n) is 5.21. The van der Waals surface area contributed by atoms with Gasteiger partial charge in [0.25, 0.3) is 0 Å². The molecule has 0 bridgehead atoms. The van der Waals surface area contributed by atoms with E-state index in [0.29, 0.717) is 11.5 Å². The third-order valence-corrected chi connectivity index (χ3v) is 3.53. The summed E-state index contributed by atoms with van der Waals surface area (Å²) in [5.74, 6) is 1.34. The van der Waals surface area contributed by atoms with Crippen LogP contribution in [-0.4, -0.2) is 25.8 Å². The van der Waals surface area contributed by atoms with E-state index in [2.05, 4.69) is 6.07 Å². The van der Waals surface area contributed by atoms with Gasteiger partial charge in [-0.15, -0.1) is 12.1 Å². The van der Waals surface area contributed by atoms with Gasteiger partial charge >= 0.3 is 18.9 Å². The van der Waals surface area contributed by atoms with Crippen molar-refractivity contribution in [2.24, 2.45) is 0 Å². The molecule has 0 aliphatic carbocycles. The van der Waals surface area contributed by atoms with E-state index in [-0.39, 0.29) is 31.4 Å². The molecular weight excluding hydrogens is 263 g/mol. The standard InChI is InChI=1S/C16H21O4.Li/c1-3-10-17-15(8-1)19-13-6-5-7-14(12-13)20-16-9-2-4-11-18-16;/h5-7,15-16H,1-4,8-11H2;/q-1;+1. The minimum absolute atomic E-state index is 0. The van der Waals surface area contributed by atoms with Crippen LogP contribution in [0.5, 0.6) is 11.5 Å². The van der Waals surface area contributed by atoms with E-state index >= 15 is 0 Å². The van der Waals surface area contributed by atoms with Crippen molar-refractivity contribution >= 4 is 0 Å². The Balaban J connectivity index is 0.00000161. The molecule has 2 aliphatic rings. The summed E-state index contributed by atoms with van der Waals surface area (Å²) >= 11 is 0. The first-order valence-electron chi connectivity index (χ1n) is 7.49. The fourth-order valence-corrected chi connectivity index (χ4v) is 2.46. The van der Waals surface area contributed by atoms with E-state index < -0.39 is 0 Å². The molecule has 2 atom stereocenters. The Labute approximate surface area is 138 Å². The number of ether oxygens (including phenoxy) is 4. The summed E-state index contributed by atoms with van der Waals surface area (Å²) in [6, 6.07) is 8.81. The minimum Gasteiger partial charge on any atom is -0.491 e. The molecule has 110 valence electrons. The van der Waals surface area contributed by atoms with Gasteiger partial charge in [-0.25, -0.2) is 0 Å². The number of benzene rings is 1. The van der Waals surface area contributed by atoms with E-state index in [9.17, 15) is 0 Å². The van der Waals surface area contributed by atoms with Crippen molar-refractivity contribution in [3.05, 3.63) is 24.3 Å². The molecule has 0 saturated carbocycles. The molecule has 2 aliphatic heterocycles. The molecule has 2 fully saturated rings. The summed E-state index contributed by atoms with van der Waals surface area (Å²) in [4.78, 5) is 0. The Bertz CT molecular complexity index is 379. The molecular formula is C16H21LiO4. The second-order valence-corrected chi connectivity index (χ2v) is 5.21. The first-order chi connectivity index (χ1) is 9.90. The van der Waals surface area contributed by atoms with Crippen LogP contribution in [0.4, 0.5) is 0 Å². The third kappa shape index (κ3) is 5.23. The molecule has 1 aromatic rings.